The van der Waals surface area contributed by atoms with Gasteiger partial charge in [-0.25, -0.2) is 0 Å². The second-order valence-corrected chi connectivity index (χ2v) is 3.84. The van der Waals surface area contributed by atoms with Gasteiger partial charge in [-0.15, -0.1) is 18.6 Å². The summed E-state index contributed by atoms with van der Waals surface area (Å²) in [5.74, 6) is 20.0. The summed E-state index contributed by atoms with van der Waals surface area (Å²) in [6.45, 7) is 11.2. The van der Waals surface area contributed by atoms with Gasteiger partial charge in [0.1, 0.15) is 0 Å². The Kier molecular flexibility index (Phi) is 5.81. The molecule has 0 N–H and O–H groups in total. The Bertz CT molecular complexity index is 920. The molecule has 1 fully saturated rings. The summed E-state index contributed by atoms with van der Waals surface area (Å²) in [6, 6.07) is 0. The number of hydrogen-bond acceptors (Lipinski definition) is 1. The Labute approximate surface area is 131 Å². The van der Waals surface area contributed by atoms with E-state index < -0.39 is 5.60 Å². The summed E-state index contributed by atoms with van der Waals surface area (Å²) < 4.78 is 5.74. The van der Waals surface area contributed by atoms with Gasteiger partial charge >= 0.3 is 0 Å². The molecule has 0 spiro atoms. The maximum Gasteiger partial charge on any atom is 0.227 e. The van der Waals surface area contributed by atoms with E-state index in [2.05, 4.69) is 84.3 Å². The largest absolute Gasteiger partial charge is 0.342 e. The minimum Gasteiger partial charge on any atom is -0.342 e. The van der Waals surface area contributed by atoms with E-state index in [-0.39, 0.29) is 6.61 Å². The quantitative estimate of drug-likeness (QED) is 0.487. The van der Waals surface area contributed by atoms with Crippen LogP contribution in [0.1, 0.15) is 0 Å². The van der Waals surface area contributed by atoms with Crippen LogP contribution < -0.4 is 0 Å². The lowest BCUT2D eigenvalue weighted by Gasteiger charge is -2.31. The molecule has 1 aliphatic heterocycles. The summed E-state index contributed by atoms with van der Waals surface area (Å²) in [5, 5.41) is 0. The third-order valence-corrected chi connectivity index (χ3v) is 2.56. The monoisotopic (exact) mass is 278 g/mol. The number of hydrogen-bond donors (Lipinski definition) is 0. The lowest BCUT2D eigenvalue weighted by Crippen LogP contribution is -2.37. The third kappa shape index (κ3) is 3.45. The van der Waals surface area contributed by atoms with Crippen molar-refractivity contribution in [1.29, 1.82) is 0 Å². The maximum absolute atomic E-state index is 5.74. The minimum absolute atomic E-state index is 0.191. The lowest BCUT2D eigenvalue weighted by molar-refractivity contribution is 0.0781. The molecular formula is C21H10O. The van der Waals surface area contributed by atoms with Crippen molar-refractivity contribution in [1.82, 2.24) is 0 Å². The van der Waals surface area contributed by atoms with Gasteiger partial charge in [0, 0.05) is 5.57 Å². The van der Waals surface area contributed by atoms with Crippen molar-refractivity contribution in [2.75, 3.05) is 6.61 Å². The number of terminal acetylenes is 2. The van der Waals surface area contributed by atoms with Crippen LogP contribution in [0.2, 0.25) is 0 Å². The zero-order valence-corrected chi connectivity index (χ0v) is 11.9. The average Bonchev–Trinajstić information content (AvgIpc) is 2.53. The zero-order chi connectivity index (χ0) is 16.4. The smallest absolute Gasteiger partial charge is 0.227 e. The van der Waals surface area contributed by atoms with Crippen LogP contribution >= 0.6 is 0 Å². The Balaban J connectivity index is 3.71. The molecule has 1 heteroatoms. The van der Waals surface area contributed by atoms with Crippen LogP contribution in [0.25, 0.3) is 0 Å². The van der Waals surface area contributed by atoms with Gasteiger partial charge in [-0.1, -0.05) is 24.6 Å². The third-order valence-electron chi connectivity index (χ3n) is 2.56. The van der Waals surface area contributed by atoms with Crippen molar-refractivity contribution >= 4 is 0 Å². The molecule has 1 atom stereocenters. The van der Waals surface area contributed by atoms with Gasteiger partial charge in [-0.2, -0.15) is 0 Å². The van der Waals surface area contributed by atoms with Crippen molar-refractivity contribution in [3.8, 4) is 60.2 Å². The number of rotatable bonds is 0. The van der Waals surface area contributed by atoms with Crippen molar-refractivity contribution in [3.05, 3.63) is 53.6 Å². The van der Waals surface area contributed by atoms with Crippen LogP contribution in [0.3, 0.4) is 0 Å². The average molecular weight is 278 g/mol. The molecule has 0 bridgehead atoms. The van der Waals surface area contributed by atoms with Gasteiger partial charge in [0.25, 0.3) is 0 Å². The molecule has 0 aromatic rings. The van der Waals surface area contributed by atoms with Crippen LogP contribution in [0, 0.1) is 60.2 Å². The van der Waals surface area contributed by atoms with Crippen LogP contribution in [0.4, 0.5) is 0 Å². The molecule has 1 saturated heterocycles. The molecular weight excluding hydrogens is 268 g/mol. The molecule has 1 aliphatic rings. The van der Waals surface area contributed by atoms with Gasteiger partial charge in [0.2, 0.25) is 5.60 Å². The lowest BCUT2D eigenvalue weighted by atomic mass is 9.83. The van der Waals surface area contributed by atoms with Gasteiger partial charge in [-0.3, -0.25) is 0 Å². The highest BCUT2D eigenvalue weighted by Crippen LogP contribution is 2.35. The molecule has 22 heavy (non-hydrogen) atoms. The van der Waals surface area contributed by atoms with E-state index in [0.29, 0.717) is 16.7 Å². The fourth-order valence-corrected chi connectivity index (χ4v) is 1.68. The van der Waals surface area contributed by atoms with E-state index in [9.17, 15) is 0 Å². The summed E-state index contributed by atoms with van der Waals surface area (Å²) in [7, 11) is 0. The summed E-state index contributed by atoms with van der Waals surface area (Å²) in [4.78, 5) is 0. The first kappa shape index (κ1) is 16.4. The van der Waals surface area contributed by atoms with Crippen LogP contribution in [-0.4, -0.2) is 12.2 Å². The molecule has 0 saturated carbocycles. The highest BCUT2D eigenvalue weighted by atomic mass is 16.5. The molecule has 0 aromatic heterocycles. The molecule has 1 unspecified atom stereocenters. The Morgan fingerprint density at radius 1 is 1.00 bits per heavy atom. The maximum atomic E-state index is 5.74. The zero-order valence-electron chi connectivity index (χ0n) is 11.9. The topological polar surface area (TPSA) is 9.23 Å². The highest BCUT2D eigenvalue weighted by Gasteiger charge is 2.39. The van der Waals surface area contributed by atoms with E-state index in [1.165, 1.54) is 0 Å². The first-order valence-electron chi connectivity index (χ1n) is 5.98. The summed E-state index contributed by atoms with van der Waals surface area (Å²) >= 11 is 0. The SMILES string of the molecule is C#CC#CC#CC1(C#CC#C)OCC(=C)C(=C=C)C1=C=C=C. The standard InChI is InChI=1S/C21H10O/c1-6-10-12-13-16-21(15-11-7-2)20(14-8-3)19(9-4)18(5)17-22-21/h1-2H,3-5,17H2. The summed E-state index contributed by atoms with van der Waals surface area (Å²) in [6.07, 6.45) is 10.3. The second-order valence-electron chi connectivity index (χ2n) is 3.84. The normalized spacial score (nSPS) is 18.2. The fourth-order valence-electron chi connectivity index (χ4n) is 1.68. The van der Waals surface area contributed by atoms with Crippen molar-refractivity contribution in [2.24, 2.45) is 0 Å². The first-order chi connectivity index (χ1) is 10.6. The molecule has 0 radical (unpaired) electrons. The Morgan fingerprint density at radius 2 is 1.68 bits per heavy atom. The van der Waals surface area contributed by atoms with E-state index in [0.717, 1.165) is 0 Å². The predicted octanol–water partition coefficient (Wildman–Crippen LogP) is 2.17. The van der Waals surface area contributed by atoms with Crippen LogP contribution in [-0.2, 0) is 4.74 Å². The van der Waals surface area contributed by atoms with E-state index in [1.54, 1.807) is 0 Å². The van der Waals surface area contributed by atoms with Gasteiger partial charge in [0.15, 0.2) is 0 Å². The highest BCUT2D eigenvalue weighted by molar-refractivity contribution is 5.61. The predicted molar refractivity (Wildman–Crippen MR) is 87.6 cm³/mol. The Hall–Kier alpha value is -3.68. The molecule has 1 nitrogen and oxygen atoms in total. The minimum atomic E-state index is -1.33. The molecule has 1 rings (SSSR count). The van der Waals surface area contributed by atoms with Crippen molar-refractivity contribution in [2.45, 2.75) is 5.60 Å². The van der Waals surface area contributed by atoms with E-state index in [1.807, 2.05) is 0 Å². The Morgan fingerprint density at radius 3 is 2.27 bits per heavy atom. The second kappa shape index (κ2) is 7.80. The van der Waals surface area contributed by atoms with E-state index >= 15 is 0 Å². The van der Waals surface area contributed by atoms with Crippen molar-refractivity contribution in [3.63, 3.8) is 0 Å². The van der Waals surface area contributed by atoms with Gasteiger partial charge in [0.05, 0.1) is 12.2 Å². The first-order valence-corrected chi connectivity index (χ1v) is 5.98. The molecule has 1 heterocycles. The van der Waals surface area contributed by atoms with Crippen molar-refractivity contribution < 1.29 is 4.74 Å². The number of ether oxygens (including phenoxy) is 1. The van der Waals surface area contributed by atoms with E-state index in [4.69, 9.17) is 17.6 Å². The van der Waals surface area contributed by atoms with Crippen LogP contribution in [0.5, 0.6) is 0 Å². The molecule has 0 amide bonds. The fraction of sp³-hybridized carbons (Fsp3) is 0.0952. The van der Waals surface area contributed by atoms with Gasteiger partial charge in [-0.05, 0) is 59.5 Å². The molecule has 100 valence electrons. The molecule has 0 aliphatic carbocycles. The summed E-state index contributed by atoms with van der Waals surface area (Å²) in [5.41, 5.74) is 8.53. The van der Waals surface area contributed by atoms with Gasteiger partial charge < -0.3 is 4.74 Å². The molecule has 0 aromatic carbocycles. The van der Waals surface area contributed by atoms with Crippen LogP contribution in [0.15, 0.2) is 53.6 Å².